The largest absolute Gasteiger partial charge is 0.480 e. The molecule has 0 atom stereocenters. The van der Waals surface area contributed by atoms with Gasteiger partial charge in [0, 0.05) is 5.41 Å². The summed E-state index contributed by atoms with van der Waals surface area (Å²) in [5.74, 6) is -1.19. The molecule has 5 nitrogen and oxygen atoms in total. The summed E-state index contributed by atoms with van der Waals surface area (Å²) in [7, 11) is 0. The van der Waals surface area contributed by atoms with E-state index in [1.807, 2.05) is 0 Å². The quantitative estimate of drug-likeness (QED) is 0.449. The van der Waals surface area contributed by atoms with Gasteiger partial charge >= 0.3 is 5.97 Å². The highest BCUT2D eigenvalue weighted by Gasteiger charge is 2.13. The lowest BCUT2D eigenvalue weighted by Crippen LogP contribution is -2.20. The first kappa shape index (κ1) is 13.9. The van der Waals surface area contributed by atoms with Crippen molar-refractivity contribution in [2.75, 3.05) is 19.8 Å². The number of carbonyl (C=O) groups is 1. The van der Waals surface area contributed by atoms with E-state index in [9.17, 15) is 0 Å². The normalized spacial score (nSPS) is 10.1. The van der Waals surface area contributed by atoms with Gasteiger partial charge in [0.2, 0.25) is 0 Å². The molecule has 0 bridgehead atoms. The second-order valence-corrected chi connectivity index (χ2v) is 3.03. The Morgan fingerprint density at radius 1 is 1.17 bits per heavy atom. The molecule has 0 rings (SSSR count). The third-order valence-corrected chi connectivity index (χ3v) is 0.991. The Labute approximate surface area is 71.3 Å². The van der Waals surface area contributed by atoms with Gasteiger partial charge < -0.3 is 20.4 Å². The van der Waals surface area contributed by atoms with Crippen LogP contribution in [0.4, 0.5) is 0 Å². The van der Waals surface area contributed by atoms with Crippen molar-refractivity contribution in [3.63, 3.8) is 0 Å². The van der Waals surface area contributed by atoms with Gasteiger partial charge in [-0.2, -0.15) is 0 Å². The predicted molar refractivity (Wildman–Crippen MR) is 42.7 cm³/mol. The Morgan fingerprint density at radius 3 is 1.42 bits per heavy atom. The SMILES string of the molecule is CC(C)(CO)CO.O=C(O)CO. The lowest BCUT2D eigenvalue weighted by molar-refractivity contribution is -0.140. The van der Waals surface area contributed by atoms with Crippen LogP contribution in [-0.2, 0) is 4.79 Å². The molecule has 0 fully saturated rings. The first-order chi connectivity index (χ1) is 5.39. The van der Waals surface area contributed by atoms with Crippen molar-refractivity contribution in [3.8, 4) is 0 Å². The van der Waals surface area contributed by atoms with Gasteiger partial charge in [0.25, 0.3) is 0 Å². The molecule has 0 amide bonds. The van der Waals surface area contributed by atoms with Crippen molar-refractivity contribution in [3.05, 3.63) is 0 Å². The molecule has 0 heterocycles. The van der Waals surface area contributed by atoms with Gasteiger partial charge in [-0.15, -0.1) is 0 Å². The first-order valence-electron chi connectivity index (χ1n) is 3.44. The maximum atomic E-state index is 9.12. The van der Waals surface area contributed by atoms with E-state index < -0.39 is 12.6 Å². The Kier molecular flexibility index (Phi) is 8.14. The summed E-state index contributed by atoms with van der Waals surface area (Å²) >= 11 is 0. The molecule has 0 aromatic rings. The van der Waals surface area contributed by atoms with Gasteiger partial charge in [-0.1, -0.05) is 13.8 Å². The molecular formula is C7H16O5. The Hall–Kier alpha value is -0.650. The van der Waals surface area contributed by atoms with Crippen molar-refractivity contribution in [2.24, 2.45) is 5.41 Å². The molecule has 0 aliphatic carbocycles. The van der Waals surface area contributed by atoms with Crippen LogP contribution >= 0.6 is 0 Å². The van der Waals surface area contributed by atoms with Crippen LogP contribution in [-0.4, -0.2) is 46.2 Å². The summed E-state index contributed by atoms with van der Waals surface area (Å²) in [6.07, 6.45) is 0. The molecule has 0 aromatic heterocycles. The van der Waals surface area contributed by atoms with Crippen molar-refractivity contribution in [1.82, 2.24) is 0 Å². The summed E-state index contributed by atoms with van der Waals surface area (Å²) in [5.41, 5.74) is -0.306. The maximum Gasteiger partial charge on any atom is 0.329 e. The molecule has 4 N–H and O–H groups in total. The van der Waals surface area contributed by atoms with Crippen molar-refractivity contribution >= 4 is 5.97 Å². The number of rotatable bonds is 3. The molecule has 5 heteroatoms. The van der Waals surface area contributed by atoms with Crippen LogP contribution in [0.15, 0.2) is 0 Å². The second kappa shape index (κ2) is 7.02. The highest BCUT2D eigenvalue weighted by Crippen LogP contribution is 2.10. The number of aliphatic carboxylic acids is 1. The van der Waals surface area contributed by atoms with Gasteiger partial charge in [0.05, 0.1) is 13.2 Å². The zero-order valence-corrected chi connectivity index (χ0v) is 7.32. The maximum absolute atomic E-state index is 9.12. The zero-order valence-electron chi connectivity index (χ0n) is 7.32. The summed E-state index contributed by atoms with van der Waals surface area (Å²) in [5, 5.41) is 31.9. The monoisotopic (exact) mass is 180 g/mol. The highest BCUT2D eigenvalue weighted by molar-refractivity contribution is 5.67. The second-order valence-electron chi connectivity index (χ2n) is 3.03. The lowest BCUT2D eigenvalue weighted by atomic mass is 9.97. The smallest absolute Gasteiger partial charge is 0.329 e. The zero-order chi connectivity index (χ0) is 10.2. The van der Waals surface area contributed by atoms with Crippen LogP contribution in [0.3, 0.4) is 0 Å². The van der Waals surface area contributed by atoms with Crippen LogP contribution < -0.4 is 0 Å². The fraction of sp³-hybridized carbons (Fsp3) is 0.857. The molecule has 0 saturated carbocycles. The molecular weight excluding hydrogens is 164 g/mol. The Morgan fingerprint density at radius 2 is 1.42 bits per heavy atom. The summed E-state index contributed by atoms with van der Waals surface area (Å²) in [6, 6.07) is 0. The van der Waals surface area contributed by atoms with Crippen molar-refractivity contribution < 1.29 is 25.2 Å². The number of aliphatic hydroxyl groups excluding tert-OH is 3. The molecule has 74 valence electrons. The summed E-state index contributed by atoms with van der Waals surface area (Å²) in [6.45, 7) is 2.91. The molecule has 0 aliphatic rings. The molecule has 0 saturated heterocycles. The average Bonchev–Trinajstić information content (AvgIpc) is 2.05. The van der Waals surface area contributed by atoms with E-state index >= 15 is 0 Å². The molecule has 0 spiro atoms. The average molecular weight is 180 g/mol. The molecule has 0 aliphatic heterocycles. The van der Waals surface area contributed by atoms with E-state index in [-0.39, 0.29) is 18.6 Å². The van der Waals surface area contributed by atoms with Gasteiger partial charge in [0.1, 0.15) is 6.61 Å². The van der Waals surface area contributed by atoms with Crippen molar-refractivity contribution in [1.29, 1.82) is 0 Å². The summed E-state index contributed by atoms with van der Waals surface area (Å²) < 4.78 is 0. The van der Waals surface area contributed by atoms with Gasteiger partial charge in [-0.25, -0.2) is 4.79 Å². The van der Waals surface area contributed by atoms with Crippen LogP contribution in [0.2, 0.25) is 0 Å². The highest BCUT2D eigenvalue weighted by atomic mass is 16.4. The molecule has 12 heavy (non-hydrogen) atoms. The van der Waals surface area contributed by atoms with Crippen LogP contribution in [0.1, 0.15) is 13.8 Å². The van der Waals surface area contributed by atoms with Crippen LogP contribution in [0, 0.1) is 5.41 Å². The molecule has 0 unspecified atom stereocenters. The minimum Gasteiger partial charge on any atom is -0.480 e. The van der Waals surface area contributed by atoms with Crippen molar-refractivity contribution in [2.45, 2.75) is 13.8 Å². The molecule has 0 radical (unpaired) electrons. The number of carboxylic acid groups (broad SMARTS) is 1. The van der Waals surface area contributed by atoms with Gasteiger partial charge in [-0.05, 0) is 0 Å². The lowest BCUT2D eigenvalue weighted by Gasteiger charge is -2.16. The van der Waals surface area contributed by atoms with Crippen LogP contribution in [0.25, 0.3) is 0 Å². The first-order valence-corrected chi connectivity index (χ1v) is 3.44. The minimum absolute atomic E-state index is 0.0451. The predicted octanol–water partition coefficient (Wildman–Crippen LogP) is -0.940. The molecule has 0 aromatic carbocycles. The fourth-order valence-electron chi connectivity index (χ4n) is 0.0500. The van der Waals surface area contributed by atoms with E-state index in [0.717, 1.165) is 0 Å². The standard InChI is InChI=1S/C5H12O2.C2H4O3/c1-5(2,3-6)4-7;3-1-2(4)5/h6-7H,3-4H2,1-2H3;3H,1H2,(H,4,5). The van der Waals surface area contributed by atoms with Gasteiger partial charge in [-0.3, -0.25) is 0 Å². The van der Waals surface area contributed by atoms with E-state index in [2.05, 4.69) is 0 Å². The topological polar surface area (TPSA) is 98.0 Å². The van der Waals surface area contributed by atoms with Crippen LogP contribution in [0.5, 0.6) is 0 Å². The number of hydrogen-bond donors (Lipinski definition) is 4. The Balaban J connectivity index is 0. The van der Waals surface area contributed by atoms with Gasteiger partial charge in [0.15, 0.2) is 0 Å². The number of hydrogen-bond acceptors (Lipinski definition) is 4. The van der Waals surface area contributed by atoms with E-state index in [4.69, 9.17) is 25.2 Å². The third kappa shape index (κ3) is 12.1. The van der Waals surface area contributed by atoms with E-state index in [1.165, 1.54) is 0 Å². The fourth-order valence-corrected chi connectivity index (χ4v) is 0.0500. The minimum atomic E-state index is -1.19. The van der Waals surface area contributed by atoms with E-state index in [0.29, 0.717) is 0 Å². The van der Waals surface area contributed by atoms with E-state index in [1.54, 1.807) is 13.8 Å². The Bertz CT molecular complexity index is 115. The number of carboxylic acids is 1. The third-order valence-electron chi connectivity index (χ3n) is 0.991. The number of aliphatic hydroxyl groups is 3. The summed E-state index contributed by atoms with van der Waals surface area (Å²) in [4.78, 5) is 9.12.